The van der Waals surface area contributed by atoms with Crippen LogP contribution >= 0.6 is 0 Å². The molecule has 1 aliphatic rings. The summed E-state index contributed by atoms with van der Waals surface area (Å²) in [6, 6.07) is 8.56. The third-order valence-corrected chi connectivity index (χ3v) is 5.39. The molecule has 1 atom stereocenters. The summed E-state index contributed by atoms with van der Waals surface area (Å²) < 4.78 is 2.05. The van der Waals surface area contributed by atoms with Crippen LogP contribution < -0.4 is 5.32 Å². The van der Waals surface area contributed by atoms with E-state index in [1.807, 2.05) is 35.8 Å². The smallest absolute Gasteiger partial charge is 0.317 e. The highest BCUT2D eigenvalue weighted by atomic mass is 16.2. The van der Waals surface area contributed by atoms with E-state index >= 15 is 0 Å². The third-order valence-electron chi connectivity index (χ3n) is 5.39. The van der Waals surface area contributed by atoms with Crippen LogP contribution in [0.4, 0.5) is 4.79 Å². The second-order valence-corrected chi connectivity index (χ2v) is 7.71. The molecular weight excluding hydrogens is 338 g/mol. The third kappa shape index (κ3) is 4.89. The summed E-state index contributed by atoms with van der Waals surface area (Å²) in [5.41, 5.74) is 2.46. The number of carbonyl (C=O) groups excluding carboxylic acids is 1. The van der Waals surface area contributed by atoms with Crippen LogP contribution in [0.3, 0.4) is 0 Å². The van der Waals surface area contributed by atoms with Gasteiger partial charge in [-0.2, -0.15) is 0 Å². The molecular formula is C21H31N5O. The van der Waals surface area contributed by atoms with Gasteiger partial charge in [-0.15, -0.1) is 0 Å². The van der Waals surface area contributed by atoms with Gasteiger partial charge in [0.2, 0.25) is 0 Å². The van der Waals surface area contributed by atoms with Gasteiger partial charge < -0.3 is 14.8 Å². The molecule has 1 saturated heterocycles. The average molecular weight is 370 g/mol. The molecule has 146 valence electrons. The Labute approximate surface area is 162 Å². The quantitative estimate of drug-likeness (QED) is 0.881. The van der Waals surface area contributed by atoms with Crippen molar-refractivity contribution in [3.05, 3.63) is 53.6 Å². The Morgan fingerprint density at radius 3 is 2.26 bits per heavy atom. The van der Waals surface area contributed by atoms with Crippen molar-refractivity contribution in [2.24, 2.45) is 7.05 Å². The summed E-state index contributed by atoms with van der Waals surface area (Å²) in [6.07, 6.45) is 3.79. The SMILES string of the molecule is CC(C)c1ccc([C@@H](C)NC(=O)N2CCN(Cc3nccn3C)CC2)cc1. The average Bonchev–Trinajstić information content (AvgIpc) is 3.07. The van der Waals surface area contributed by atoms with Crippen molar-refractivity contribution >= 4 is 6.03 Å². The van der Waals surface area contributed by atoms with E-state index in [0.29, 0.717) is 5.92 Å². The Bertz CT molecular complexity index is 744. The highest BCUT2D eigenvalue weighted by Crippen LogP contribution is 2.19. The standard InChI is InChI=1S/C21H31N5O/c1-16(2)18-5-7-19(8-6-18)17(3)23-21(27)26-13-11-25(12-14-26)15-20-22-9-10-24(20)4/h5-10,16-17H,11-15H2,1-4H3,(H,23,27)/t17-/m1/s1. The molecule has 0 spiro atoms. The van der Waals surface area contributed by atoms with Crippen LogP contribution in [0.5, 0.6) is 0 Å². The van der Waals surface area contributed by atoms with Crippen LogP contribution in [0.25, 0.3) is 0 Å². The van der Waals surface area contributed by atoms with E-state index in [4.69, 9.17) is 0 Å². The number of aromatic nitrogens is 2. The van der Waals surface area contributed by atoms with E-state index in [1.165, 1.54) is 5.56 Å². The zero-order valence-corrected chi connectivity index (χ0v) is 16.9. The second kappa shape index (κ2) is 8.57. The first-order valence-electron chi connectivity index (χ1n) is 9.78. The summed E-state index contributed by atoms with van der Waals surface area (Å²) >= 11 is 0. The molecule has 0 aliphatic carbocycles. The van der Waals surface area contributed by atoms with Gasteiger partial charge in [-0.3, -0.25) is 4.90 Å². The zero-order chi connectivity index (χ0) is 19.4. The van der Waals surface area contributed by atoms with Crippen molar-refractivity contribution in [3.63, 3.8) is 0 Å². The van der Waals surface area contributed by atoms with Gasteiger partial charge in [0.15, 0.2) is 0 Å². The summed E-state index contributed by atoms with van der Waals surface area (Å²) in [4.78, 5) is 21.3. The Morgan fingerprint density at radius 2 is 1.70 bits per heavy atom. The number of carbonyl (C=O) groups is 1. The molecule has 6 nitrogen and oxygen atoms in total. The number of rotatable bonds is 5. The normalized spacial score (nSPS) is 16.6. The first-order chi connectivity index (χ1) is 12.9. The van der Waals surface area contributed by atoms with Crippen LogP contribution in [0.1, 0.15) is 49.7 Å². The first-order valence-corrected chi connectivity index (χ1v) is 9.78. The summed E-state index contributed by atoms with van der Waals surface area (Å²) in [5.74, 6) is 1.58. The largest absolute Gasteiger partial charge is 0.337 e. The van der Waals surface area contributed by atoms with Gasteiger partial charge >= 0.3 is 6.03 Å². The van der Waals surface area contributed by atoms with Gasteiger partial charge in [0.1, 0.15) is 5.82 Å². The van der Waals surface area contributed by atoms with Crippen molar-refractivity contribution < 1.29 is 4.79 Å². The summed E-state index contributed by atoms with van der Waals surface area (Å²) in [7, 11) is 2.01. The van der Waals surface area contributed by atoms with E-state index < -0.39 is 0 Å². The maximum Gasteiger partial charge on any atom is 0.317 e. The van der Waals surface area contributed by atoms with Gasteiger partial charge in [-0.05, 0) is 24.0 Å². The Hall–Kier alpha value is -2.34. The van der Waals surface area contributed by atoms with E-state index in [2.05, 4.69) is 53.3 Å². The summed E-state index contributed by atoms with van der Waals surface area (Å²) in [6.45, 7) is 10.5. The molecule has 0 saturated carbocycles. The molecule has 0 bridgehead atoms. The minimum absolute atomic E-state index is 0.00399. The molecule has 1 N–H and O–H groups in total. The van der Waals surface area contributed by atoms with Crippen LogP contribution in [0.15, 0.2) is 36.7 Å². The number of urea groups is 1. The highest BCUT2D eigenvalue weighted by molar-refractivity contribution is 5.74. The Balaban J connectivity index is 1.48. The molecule has 0 radical (unpaired) electrons. The molecule has 0 unspecified atom stereocenters. The molecule has 6 heteroatoms. The van der Waals surface area contributed by atoms with Crippen molar-refractivity contribution in [1.29, 1.82) is 0 Å². The Kier molecular flexibility index (Phi) is 6.16. The number of nitrogens with one attached hydrogen (secondary N) is 1. The Morgan fingerprint density at radius 1 is 1.07 bits per heavy atom. The number of benzene rings is 1. The number of aryl methyl sites for hydroxylation is 1. The lowest BCUT2D eigenvalue weighted by Crippen LogP contribution is -2.51. The summed E-state index contributed by atoms with van der Waals surface area (Å²) in [5, 5.41) is 3.14. The highest BCUT2D eigenvalue weighted by Gasteiger charge is 2.23. The number of nitrogens with zero attached hydrogens (tertiary/aromatic N) is 4. The van der Waals surface area contributed by atoms with Gasteiger partial charge in [0.25, 0.3) is 0 Å². The molecule has 2 aromatic rings. The molecule has 1 aromatic carbocycles. The fourth-order valence-electron chi connectivity index (χ4n) is 3.39. The van der Waals surface area contributed by atoms with Crippen LogP contribution in [-0.4, -0.2) is 51.6 Å². The molecule has 1 aromatic heterocycles. The maximum atomic E-state index is 12.6. The van der Waals surface area contributed by atoms with Gasteiger partial charge in [-0.1, -0.05) is 38.1 Å². The van der Waals surface area contributed by atoms with Gasteiger partial charge in [0.05, 0.1) is 12.6 Å². The molecule has 3 rings (SSSR count). The van der Waals surface area contributed by atoms with E-state index in [-0.39, 0.29) is 12.1 Å². The lowest BCUT2D eigenvalue weighted by molar-refractivity contribution is 0.131. The van der Waals surface area contributed by atoms with E-state index in [0.717, 1.165) is 44.1 Å². The molecule has 1 aliphatic heterocycles. The number of hydrogen-bond donors (Lipinski definition) is 1. The van der Waals surface area contributed by atoms with Crippen LogP contribution in [0.2, 0.25) is 0 Å². The van der Waals surface area contributed by atoms with Crippen molar-refractivity contribution in [3.8, 4) is 0 Å². The van der Waals surface area contributed by atoms with Crippen LogP contribution in [-0.2, 0) is 13.6 Å². The van der Waals surface area contributed by atoms with E-state index in [9.17, 15) is 4.79 Å². The minimum Gasteiger partial charge on any atom is -0.337 e. The topological polar surface area (TPSA) is 53.4 Å². The predicted octanol–water partition coefficient (Wildman–Crippen LogP) is 3.13. The van der Waals surface area contributed by atoms with Crippen molar-refractivity contribution in [2.75, 3.05) is 26.2 Å². The lowest BCUT2D eigenvalue weighted by atomic mass is 10.00. The zero-order valence-electron chi connectivity index (χ0n) is 16.9. The molecule has 27 heavy (non-hydrogen) atoms. The lowest BCUT2D eigenvalue weighted by Gasteiger charge is -2.35. The van der Waals surface area contributed by atoms with E-state index in [1.54, 1.807) is 0 Å². The van der Waals surface area contributed by atoms with Gasteiger partial charge in [-0.25, -0.2) is 9.78 Å². The number of imidazole rings is 1. The second-order valence-electron chi connectivity index (χ2n) is 7.71. The number of amides is 2. The number of hydrogen-bond acceptors (Lipinski definition) is 3. The fourth-order valence-corrected chi connectivity index (χ4v) is 3.39. The molecule has 2 amide bonds. The first kappa shape index (κ1) is 19.4. The monoisotopic (exact) mass is 369 g/mol. The van der Waals surface area contributed by atoms with Crippen LogP contribution in [0, 0.1) is 0 Å². The van der Waals surface area contributed by atoms with Gasteiger partial charge in [0, 0.05) is 45.6 Å². The molecule has 2 heterocycles. The number of piperazine rings is 1. The van der Waals surface area contributed by atoms with Crippen molar-refractivity contribution in [2.45, 2.75) is 39.3 Å². The fraction of sp³-hybridized carbons (Fsp3) is 0.524. The molecule has 1 fully saturated rings. The van der Waals surface area contributed by atoms with Crippen molar-refractivity contribution in [1.82, 2.24) is 24.7 Å². The predicted molar refractivity (Wildman–Crippen MR) is 108 cm³/mol. The maximum absolute atomic E-state index is 12.6. The minimum atomic E-state index is 0.00399.